The zero-order valence-corrected chi connectivity index (χ0v) is 11.4. The molecule has 1 saturated carbocycles. The lowest BCUT2D eigenvalue weighted by molar-refractivity contribution is 0.311. The van der Waals surface area contributed by atoms with E-state index < -0.39 is 10.0 Å². The van der Waals surface area contributed by atoms with Gasteiger partial charge in [-0.2, -0.15) is 0 Å². The summed E-state index contributed by atoms with van der Waals surface area (Å²) in [5, 5.41) is 3.35. The third kappa shape index (κ3) is 4.39. The Balaban J connectivity index is 2.21. The van der Waals surface area contributed by atoms with Crippen LogP contribution in [0.15, 0.2) is 0 Å². The molecule has 0 aliphatic heterocycles. The molecule has 0 spiro atoms. The van der Waals surface area contributed by atoms with Crippen molar-refractivity contribution in [1.82, 2.24) is 9.62 Å². The highest BCUT2D eigenvalue weighted by Gasteiger charge is 2.19. The van der Waals surface area contributed by atoms with Gasteiger partial charge in [0.15, 0.2) is 0 Å². The summed E-state index contributed by atoms with van der Waals surface area (Å²) in [5.74, 6) is 1.04. The first-order valence-electron chi connectivity index (χ1n) is 6.05. The molecule has 0 amide bonds. The third-order valence-corrected chi connectivity index (χ3v) is 5.20. The van der Waals surface area contributed by atoms with Crippen LogP contribution in [-0.4, -0.2) is 45.2 Å². The second kappa shape index (κ2) is 5.98. The van der Waals surface area contributed by atoms with Gasteiger partial charge in [-0.25, -0.2) is 12.7 Å². The zero-order valence-electron chi connectivity index (χ0n) is 10.6. The fourth-order valence-corrected chi connectivity index (χ4v) is 2.78. The Morgan fingerprint density at radius 2 is 1.75 bits per heavy atom. The van der Waals surface area contributed by atoms with Crippen molar-refractivity contribution < 1.29 is 8.42 Å². The summed E-state index contributed by atoms with van der Waals surface area (Å²) in [6.45, 7) is 2.85. The minimum atomic E-state index is -3.04. The molecule has 5 heteroatoms. The first-order chi connectivity index (χ1) is 7.42. The summed E-state index contributed by atoms with van der Waals surface area (Å²) in [7, 11) is 0.123. The van der Waals surface area contributed by atoms with E-state index in [0.29, 0.717) is 12.6 Å². The van der Waals surface area contributed by atoms with Crippen molar-refractivity contribution in [2.24, 2.45) is 5.92 Å². The maximum absolute atomic E-state index is 11.5. The van der Waals surface area contributed by atoms with Gasteiger partial charge in [0.1, 0.15) is 0 Å². The number of nitrogens with one attached hydrogen (secondary N) is 1. The van der Waals surface area contributed by atoms with E-state index >= 15 is 0 Å². The lowest BCUT2D eigenvalue weighted by atomic mass is 9.87. The first kappa shape index (κ1) is 13.9. The van der Waals surface area contributed by atoms with E-state index in [4.69, 9.17) is 0 Å². The van der Waals surface area contributed by atoms with Gasteiger partial charge in [-0.05, 0) is 31.6 Å². The van der Waals surface area contributed by atoms with Gasteiger partial charge in [0.05, 0.1) is 5.75 Å². The molecule has 0 saturated heterocycles. The minimum absolute atomic E-state index is 0.200. The number of hydrogen-bond acceptors (Lipinski definition) is 3. The van der Waals surface area contributed by atoms with E-state index in [1.165, 1.54) is 30.0 Å². The minimum Gasteiger partial charge on any atom is -0.313 e. The molecule has 0 heterocycles. The molecule has 4 nitrogen and oxygen atoms in total. The number of rotatable bonds is 5. The van der Waals surface area contributed by atoms with Crippen LogP contribution in [0.2, 0.25) is 0 Å². The second-order valence-electron chi connectivity index (χ2n) is 5.01. The molecule has 0 aromatic rings. The van der Waals surface area contributed by atoms with Crippen molar-refractivity contribution in [3.63, 3.8) is 0 Å². The molecule has 0 aromatic carbocycles. The van der Waals surface area contributed by atoms with Gasteiger partial charge in [-0.15, -0.1) is 0 Å². The SMILES string of the molecule is CC1CCC(NCCS(=O)(=O)N(C)C)CC1. The zero-order chi connectivity index (χ0) is 12.2. The van der Waals surface area contributed by atoms with E-state index in [-0.39, 0.29) is 5.75 Å². The maximum Gasteiger partial charge on any atom is 0.214 e. The third-order valence-electron chi connectivity index (χ3n) is 3.37. The molecule has 96 valence electrons. The highest BCUT2D eigenvalue weighted by Crippen LogP contribution is 2.23. The summed E-state index contributed by atoms with van der Waals surface area (Å²) in [4.78, 5) is 0. The molecule has 0 radical (unpaired) electrons. The van der Waals surface area contributed by atoms with Crippen LogP contribution in [0.3, 0.4) is 0 Å². The van der Waals surface area contributed by atoms with Gasteiger partial charge >= 0.3 is 0 Å². The van der Waals surface area contributed by atoms with Crippen molar-refractivity contribution in [3.8, 4) is 0 Å². The number of nitrogens with zero attached hydrogens (tertiary/aromatic N) is 1. The smallest absolute Gasteiger partial charge is 0.214 e. The Morgan fingerprint density at radius 1 is 1.19 bits per heavy atom. The van der Waals surface area contributed by atoms with Crippen LogP contribution in [0.4, 0.5) is 0 Å². The average molecular weight is 248 g/mol. The van der Waals surface area contributed by atoms with Gasteiger partial charge in [0.2, 0.25) is 10.0 Å². The molecule has 0 atom stereocenters. The van der Waals surface area contributed by atoms with E-state index in [2.05, 4.69) is 12.2 Å². The molecule has 1 N–H and O–H groups in total. The van der Waals surface area contributed by atoms with E-state index in [9.17, 15) is 8.42 Å². The number of hydrogen-bond donors (Lipinski definition) is 1. The highest BCUT2D eigenvalue weighted by atomic mass is 32.2. The molecular weight excluding hydrogens is 224 g/mol. The van der Waals surface area contributed by atoms with Crippen LogP contribution in [0.5, 0.6) is 0 Å². The quantitative estimate of drug-likeness (QED) is 0.791. The van der Waals surface area contributed by atoms with Crippen molar-refractivity contribution in [3.05, 3.63) is 0 Å². The lowest BCUT2D eigenvalue weighted by Gasteiger charge is -2.27. The molecule has 1 rings (SSSR count). The Hall–Kier alpha value is -0.130. The molecular formula is C11H24N2O2S. The Labute approximate surface area is 99.5 Å². The summed E-state index contributed by atoms with van der Waals surface area (Å²) >= 11 is 0. The van der Waals surface area contributed by atoms with E-state index in [0.717, 1.165) is 5.92 Å². The predicted molar refractivity (Wildman–Crippen MR) is 66.9 cm³/mol. The van der Waals surface area contributed by atoms with Crippen LogP contribution in [-0.2, 0) is 10.0 Å². The molecule has 1 aliphatic carbocycles. The molecule has 0 aromatic heterocycles. The largest absolute Gasteiger partial charge is 0.313 e. The normalized spacial score (nSPS) is 27.2. The fourth-order valence-electron chi connectivity index (χ4n) is 2.04. The summed E-state index contributed by atoms with van der Waals surface area (Å²) in [6.07, 6.45) is 4.89. The molecule has 1 aliphatic rings. The molecule has 16 heavy (non-hydrogen) atoms. The van der Waals surface area contributed by atoms with Crippen LogP contribution in [0, 0.1) is 5.92 Å². The fraction of sp³-hybridized carbons (Fsp3) is 1.00. The van der Waals surface area contributed by atoms with Gasteiger partial charge < -0.3 is 5.32 Å². The van der Waals surface area contributed by atoms with E-state index in [1.807, 2.05) is 0 Å². The van der Waals surface area contributed by atoms with Gasteiger partial charge in [-0.3, -0.25) is 0 Å². The molecule has 0 bridgehead atoms. The first-order valence-corrected chi connectivity index (χ1v) is 7.66. The van der Waals surface area contributed by atoms with Crippen LogP contribution < -0.4 is 5.32 Å². The highest BCUT2D eigenvalue weighted by molar-refractivity contribution is 7.89. The van der Waals surface area contributed by atoms with Crippen molar-refractivity contribution >= 4 is 10.0 Å². The topological polar surface area (TPSA) is 49.4 Å². The Morgan fingerprint density at radius 3 is 2.25 bits per heavy atom. The standard InChI is InChI=1S/C11H24N2O2S/c1-10-4-6-11(7-5-10)12-8-9-16(14,15)13(2)3/h10-12H,4-9H2,1-3H3. The second-order valence-corrected chi connectivity index (χ2v) is 7.31. The lowest BCUT2D eigenvalue weighted by Crippen LogP contribution is -2.38. The maximum atomic E-state index is 11.5. The average Bonchev–Trinajstić information content (AvgIpc) is 2.20. The van der Waals surface area contributed by atoms with Crippen molar-refractivity contribution in [1.29, 1.82) is 0 Å². The van der Waals surface area contributed by atoms with Crippen molar-refractivity contribution in [2.75, 3.05) is 26.4 Å². The summed E-state index contributed by atoms with van der Waals surface area (Å²) in [5.41, 5.74) is 0. The summed E-state index contributed by atoms with van der Waals surface area (Å²) < 4.78 is 24.3. The van der Waals surface area contributed by atoms with Gasteiger partial charge in [0, 0.05) is 26.7 Å². The van der Waals surface area contributed by atoms with Crippen LogP contribution >= 0.6 is 0 Å². The predicted octanol–water partition coefficient (Wildman–Crippen LogP) is 1.05. The van der Waals surface area contributed by atoms with E-state index in [1.54, 1.807) is 14.1 Å². The molecule has 0 unspecified atom stereocenters. The monoisotopic (exact) mass is 248 g/mol. The van der Waals surface area contributed by atoms with Crippen LogP contribution in [0.1, 0.15) is 32.6 Å². The van der Waals surface area contributed by atoms with Crippen LogP contribution in [0.25, 0.3) is 0 Å². The Bertz CT molecular complexity index is 293. The van der Waals surface area contributed by atoms with Gasteiger partial charge in [0.25, 0.3) is 0 Å². The molecule has 1 fully saturated rings. The Kier molecular flexibility index (Phi) is 5.21. The number of sulfonamides is 1. The van der Waals surface area contributed by atoms with Crippen molar-refractivity contribution in [2.45, 2.75) is 38.6 Å². The van der Waals surface area contributed by atoms with Gasteiger partial charge in [-0.1, -0.05) is 6.92 Å². The summed E-state index contributed by atoms with van der Waals surface area (Å²) in [6, 6.07) is 0.522.